The molecule has 2 aromatic rings. The van der Waals surface area contributed by atoms with Crippen LogP contribution in [-0.2, 0) is 6.42 Å². The van der Waals surface area contributed by atoms with E-state index in [0.717, 1.165) is 11.4 Å². The van der Waals surface area contributed by atoms with Crippen LogP contribution in [0.25, 0.3) is 0 Å². The van der Waals surface area contributed by atoms with Gasteiger partial charge in [0.05, 0.1) is 10.7 Å². The number of aromatic nitrogens is 1. The fourth-order valence-corrected chi connectivity index (χ4v) is 3.13. The van der Waals surface area contributed by atoms with Crippen LogP contribution in [0, 0.1) is 20.8 Å². The van der Waals surface area contributed by atoms with Crippen molar-refractivity contribution in [3.05, 3.63) is 49.4 Å². The Hall–Kier alpha value is -0.710. The predicted molar refractivity (Wildman–Crippen MR) is 86.0 cm³/mol. The molecule has 4 heteroatoms. The van der Waals surface area contributed by atoms with Gasteiger partial charge in [0.1, 0.15) is 0 Å². The Morgan fingerprint density at radius 1 is 1.26 bits per heavy atom. The van der Waals surface area contributed by atoms with Crippen molar-refractivity contribution in [1.82, 2.24) is 10.3 Å². The predicted octanol–water partition coefficient (Wildman–Crippen LogP) is 4.33. The van der Waals surface area contributed by atoms with Crippen LogP contribution in [0.2, 0.25) is 0 Å². The summed E-state index contributed by atoms with van der Waals surface area (Å²) >= 11 is 5.34. The molecule has 1 aromatic carbocycles. The van der Waals surface area contributed by atoms with Gasteiger partial charge in [0, 0.05) is 22.3 Å². The molecule has 0 amide bonds. The van der Waals surface area contributed by atoms with Crippen molar-refractivity contribution >= 4 is 27.3 Å². The Bertz CT molecular complexity index is 554. The number of aryl methyl sites for hydroxylation is 3. The highest BCUT2D eigenvalue weighted by molar-refractivity contribution is 9.10. The highest BCUT2D eigenvalue weighted by Gasteiger charge is 2.14. The number of nitrogens with zero attached hydrogens (tertiary/aromatic N) is 1. The summed E-state index contributed by atoms with van der Waals surface area (Å²) in [6.07, 6.45) is 0.932. The van der Waals surface area contributed by atoms with Crippen molar-refractivity contribution in [2.75, 3.05) is 7.05 Å². The Morgan fingerprint density at radius 3 is 2.37 bits per heavy atom. The van der Waals surface area contributed by atoms with Gasteiger partial charge in [0.2, 0.25) is 0 Å². The van der Waals surface area contributed by atoms with Crippen LogP contribution < -0.4 is 5.32 Å². The fourth-order valence-electron chi connectivity index (χ4n) is 2.28. The van der Waals surface area contributed by atoms with E-state index >= 15 is 0 Å². The lowest BCUT2D eigenvalue weighted by molar-refractivity contribution is 0.584. The molecule has 2 rings (SSSR count). The molecule has 1 heterocycles. The maximum absolute atomic E-state index is 4.56. The molecule has 0 saturated heterocycles. The highest BCUT2D eigenvalue weighted by Crippen LogP contribution is 2.27. The Balaban J connectivity index is 2.27. The zero-order chi connectivity index (χ0) is 14.0. The Morgan fingerprint density at radius 2 is 1.89 bits per heavy atom. The lowest BCUT2D eigenvalue weighted by atomic mass is 9.98. The first-order valence-electron chi connectivity index (χ1n) is 6.36. The van der Waals surface area contributed by atoms with Crippen LogP contribution in [0.15, 0.2) is 22.0 Å². The van der Waals surface area contributed by atoms with E-state index < -0.39 is 0 Å². The van der Waals surface area contributed by atoms with E-state index in [0.29, 0.717) is 6.04 Å². The molecule has 0 bridgehead atoms. The second-order valence-corrected chi connectivity index (χ2v) is 6.73. The molecule has 1 unspecified atom stereocenters. The summed E-state index contributed by atoms with van der Waals surface area (Å²) < 4.78 is 1.20. The van der Waals surface area contributed by atoms with Crippen molar-refractivity contribution in [3.63, 3.8) is 0 Å². The van der Waals surface area contributed by atoms with E-state index in [1.165, 1.54) is 26.9 Å². The first kappa shape index (κ1) is 14.7. The summed E-state index contributed by atoms with van der Waals surface area (Å²) in [4.78, 5) is 4.56. The lowest BCUT2D eigenvalue weighted by Gasteiger charge is -2.18. The van der Waals surface area contributed by atoms with Gasteiger partial charge in [-0.15, -0.1) is 11.3 Å². The molecule has 1 aromatic heterocycles. The quantitative estimate of drug-likeness (QED) is 0.897. The number of benzene rings is 1. The molecule has 0 aliphatic heterocycles. The van der Waals surface area contributed by atoms with E-state index in [9.17, 15) is 0 Å². The third kappa shape index (κ3) is 3.44. The van der Waals surface area contributed by atoms with Crippen LogP contribution in [0.1, 0.15) is 33.4 Å². The summed E-state index contributed by atoms with van der Waals surface area (Å²) in [6, 6.07) is 4.81. The number of hydrogen-bond acceptors (Lipinski definition) is 3. The number of likely N-dealkylation sites (N-methyl/N-ethyl adjacent to an activating group) is 1. The standard InChI is InChI=1S/C15H19BrN2S/c1-9-5-12(6-10(2)15(9)16)14(17-4)7-13-8-19-11(3)18-13/h5-6,8,14,17H,7H2,1-4H3. The maximum atomic E-state index is 4.56. The largest absolute Gasteiger partial charge is 0.313 e. The van der Waals surface area contributed by atoms with Gasteiger partial charge in [-0.2, -0.15) is 0 Å². The van der Waals surface area contributed by atoms with Crippen LogP contribution in [0.3, 0.4) is 0 Å². The summed E-state index contributed by atoms with van der Waals surface area (Å²) in [6.45, 7) is 6.33. The van der Waals surface area contributed by atoms with Gasteiger partial charge in [-0.1, -0.05) is 28.1 Å². The Kier molecular flexibility index (Phi) is 4.76. The SMILES string of the molecule is CNC(Cc1csc(C)n1)c1cc(C)c(Br)c(C)c1. The van der Waals surface area contributed by atoms with Crippen LogP contribution >= 0.6 is 27.3 Å². The molecule has 0 aliphatic rings. The lowest BCUT2D eigenvalue weighted by Crippen LogP contribution is -2.19. The first-order chi connectivity index (χ1) is 9.01. The monoisotopic (exact) mass is 338 g/mol. The molecule has 0 fully saturated rings. The number of nitrogens with one attached hydrogen (secondary N) is 1. The minimum Gasteiger partial charge on any atom is -0.313 e. The van der Waals surface area contributed by atoms with E-state index in [4.69, 9.17) is 0 Å². The van der Waals surface area contributed by atoms with E-state index in [1.807, 2.05) is 7.05 Å². The van der Waals surface area contributed by atoms with Crippen molar-refractivity contribution in [1.29, 1.82) is 0 Å². The summed E-state index contributed by atoms with van der Waals surface area (Å²) in [5, 5.41) is 6.68. The second kappa shape index (κ2) is 6.16. The first-order valence-corrected chi connectivity index (χ1v) is 8.03. The third-order valence-electron chi connectivity index (χ3n) is 3.29. The number of thiazole rings is 1. The average molecular weight is 339 g/mol. The van der Waals surface area contributed by atoms with E-state index in [-0.39, 0.29) is 0 Å². The van der Waals surface area contributed by atoms with Crippen molar-refractivity contribution in [2.24, 2.45) is 0 Å². The van der Waals surface area contributed by atoms with Gasteiger partial charge < -0.3 is 5.32 Å². The molecule has 0 saturated carbocycles. The van der Waals surface area contributed by atoms with Crippen molar-refractivity contribution in [2.45, 2.75) is 33.2 Å². The topological polar surface area (TPSA) is 24.9 Å². The van der Waals surface area contributed by atoms with Gasteiger partial charge >= 0.3 is 0 Å². The van der Waals surface area contributed by atoms with Crippen LogP contribution in [0.5, 0.6) is 0 Å². The van der Waals surface area contributed by atoms with Gasteiger partial charge in [-0.05, 0) is 44.5 Å². The molecular weight excluding hydrogens is 320 g/mol. The third-order valence-corrected chi connectivity index (χ3v) is 5.36. The molecule has 2 nitrogen and oxygen atoms in total. The zero-order valence-corrected chi connectivity index (χ0v) is 14.2. The van der Waals surface area contributed by atoms with Crippen LogP contribution in [0.4, 0.5) is 0 Å². The van der Waals surface area contributed by atoms with Crippen molar-refractivity contribution < 1.29 is 0 Å². The van der Waals surface area contributed by atoms with Gasteiger partial charge in [-0.3, -0.25) is 0 Å². The molecule has 19 heavy (non-hydrogen) atoms. The Labute approximate surface area is 127 Å². The second-order valence-electron chi connectivity index (χ2n) is 4.87. The molecule has 1 N–H and O–H groups in total. The molecule has 102 valence electrons. The number of hydrogen-bond donors (Lipinski definition) is 1. The van der Waals surface area contributed by atoms with Gasteiger partial charge in [0.15, 0.2) is 0 Å². The summed E-state index contributed by atoms with van der Waals surface area (Å²) in [5.41, 5.74) is 5.06. The summed E-state index contributed by atoms with van der Waals surface area (Å²) in [7, 11) is 2.01. The van der Waals surface area contributed by atoms with E-state index in [1.54, 1.807) is 11.3 Å². The molecule has 0 radical (unpaired) electrons. The molecule has 1 atom stereocenters. The molecular formula is C15H19BrN2S. The van der Waals surface area contributed by atoms with Crippen molar-refractivity contribution in [3.8, 4) is 0 Å². The normalized spacial score (nSPS) is 12.7. The zero-order valence-electron chi connectivity index (χ0n) is 11.7. The summed E-state index contributed by atoms with van der Waals surface area (Å²) in [5.74, 6) is 0. The van der Waals surface area contributed by atoms with Gasteiger partial charge in [-0.25, -0.2) is 4.98 Å². The fraction of sp³-hybridized carbons (Fsp3) is 0.400. The number of rotatable bonds is 4. The number of halogens is 1. The average Bonchev–Trinajstić information content (AvgIpc) is 2.78. The van der Waals surface area contributed by atoms with Gasteiger partial charge in [0.25, 0.3) is 0 Å². The minimum atomic E-state index is 0.312. The minimum absolute atomic E-state index is 0.312. The smallest absolute Gasteiger partial charge is 0.0897 e. The highest BCUT2D eigenvalue weighted by atomic mass is 79.9. The van der Waals surface area contributed by atoms with Crippen LogP contribution in [-0.4, -0.2) is 12.0 Å². The maximum Gasteiger partial charge on any atom is 0.0897 e. The van der Waals surface area contributed by atoms with E-state index in [2.05, 4.69) is 64.5 Å². The molecule has 0 spiro atoms. The molecule has 0 aliphatic carbocycles.